The molecule has 0 rings (SSSR count). The largest absolute Gasteiger partial charge is 0.462 e. The van der Waals surface area contributed by atoms with Gasteiger partial charge in [0.05, 0.1) is 25.2 Å². The number of esters is 1. The number of unbranched alkanes of at least 4 members (excludes halogenated alkanes) is 29. The summed E-state index contributed by atoms with van der Waals surface area (Å²) in [5.41, 5.74) is 0. The van der Waals surface area contributed by atoms with Crippen molar-refractivity contribution in [3.05, 3.63) is 0 Å². The maximum absolute atomic E-state index is 13.1. The van der Waals surface area contributed by atoms with Crippen LogP contribution in [0.2, 0.25) is 0 Å². The second-order valence-corrected chi connectivity index (χ2v) is 15.8. The fourth-order valence-corrected chi connectivity index (χ4v) is 7.20. The van der Waals surface area contributed by atoms with Gasteiger partial charge in [0.1, 0.15) is 6.10 Å². The Morgan fingerprint density at radius 1 is 0.490 bits per heavy atom. The van der Waals surface area contributed by atoms with Gasteiger partial charge in [-0.25, -0.2) is 0 Å². The number of hydrogen-bond acceptors (Lipinski definition) is 5. The summed E-state index contributed by atoms with van der Waals surface area (Å²) in [5, 5.41) is 23.5. The number of carbonyl (C=O) groups is 2. The number of amides is 1. The minimum atomic E-state index is -0.776. The molecule has 0 heterocycles. The quantitative estimate of drug-likeness (QED) is 0.0431. The topological polar surface area (TPSA) is 95.9 Å². The first-order valence-corrected chi connectivity index (χ1v) is 22.8. The van der Waals surface area contributed by atoms with E-state index in [4.69, 9.17) is 4.74 Å². The lowest BCUT2D eigenvalue weighted by atomic mass is 10.0. The summed E-state index contributed by atoms with van der Waals surface area (Å²) in [7, 11) is 0. The van der Waals surface area contributed by atoms with Gasteiger partial charge in [0.25, 0.3) is 0 Å². The molecule has 0 aromatic rings. The molecule has 0 bridgehead atoms. The van der Waals surface area contributed by atoms with Crippen molar-refractivity contribution in [2.45, 2.75) is 270 Å². The Bertz CT molecular complexity index is 731. The van der Waals surface area contributed by atoms with Gasteiger partial charge < -0.3 is 20.3 Å². The molecule has 6 nitrogen and oxygen atoms in total. The molecule has 0 radical (unpaired) electrons. The Hall–Kier alpha value is -1.14. The van der Waals surface area contributed by atoms with E-state index in [1.807, 2.05) is 0 Å². The number of ether oxygens (including phenoxy) is 1. The zero-order valence-corrected chi connectivity index (χ0v) is 34.5. The number of aliphatic hydroxyl groups excluding tert-OH is 2. The van der Waals surface area contributed by atoms with E-state index in [1.54, 1.807) is 0 Å². The molecule has 0 aliphatic heterocycles. The second-order valence-electron chi connectivity index (χ2n) is 15.8. The molecule has 304 valence electrons. The van der Waals surface area contributed by atoms with Crippen LogP contribution < -0.4 is 5.32 Å². The summed E-state index contributed by atoms with van der Waals surface area (Å²) < 4.78 is 5.88. The lowest BCUT2D eigenvalue weighted by molar-refractivity contribution is -0.151. The van der Waals surface area contributed by atoms with E-state index < -0.39 is 18.2 Å². The maximum Gasteiger partial charge on any atom is 0.306 e. The van der Waals surface area contributed by atoms with Crippen LogP contribution in [-0.2, 0) is 14.3 Å². The van der Waals surface area contributed by atoms with E-state index in [9.17, 15) is 19.8 Å². The fraction of sp³-hybridized carbons (Fsp3) is 0.956. The van der Waals surface area contributed by atoms with Gasteiger partial charge in [-0.1, -0.05) is 213 Å². The fourth-order valence-electron chi connectivity index (χ4n) is 7.20. The lowest BCUT2D eigenvalue weighted by Gasteiger charge is -2.24. The normalized spacial score (nSPS) is 13.3. The highest BCUT2D eigenvalue weighted by molar-refractivity contribution is 5.77. The molecular weight excluding hydrogens is 634 g/mol. The summed E-state index contributed by atoms with van der Waals surface area (Å²) in [6.07, 6.45) is 40.3. The van der Waals surface area contributed by atoms with Gasteiger partial charge in [-0.2, -0.15) is 0 Å². The molecule has 6 heteroatoms. The molecule has 0 spiro atoms. The number of carbonyl (C=O) groups excluding carboxylic acids is 2. The van der Waals surface area contributed by atoms with Crippen molar-refractivity contribution in [1.82, 2.24) is 5.32 Å². The highest BCUT2D eigenvalue weighted by Gasteiger charge is 2.24. The molecule has 51 heavy (non-hydrogen) atoms. The van der Waals surface area contributed by atoms with Crippen molar-refractivity contribution in [3.8, 4) is 0 Å². The van der Waals surface area contributed by atoms with Gasteiger partial charge >= 0.3 is 5.97 Å². The van der Waals surface area contributed by atoms with Gasteiger partial charge in [-0.3, -0.25) is 9.59 Å². The van der Waals surface area contributed by atoms with Crippen LogP contribution in [0, 0.1) is 0 Å². The van der Waals surface area contributed by atoms with Crippen molar-refractivity contribution in [1.29, 1.82) is 0 Å². The standard InChI is InChI=1S/C45H89NO5/c1-4-7-10-13-16-19-20-21-22-23-24-26-29-32-35-38-45(50)51-41(36-33-30-27-18-15-12-9-6-3)39-44(49)46-42(40-47)43(48)37-34-31-28-25-17-14-11-8-5-2/h41-43,47-48H,4-40H2,1-3H3,(H,46,49). The Labute approximate surface area is 317 Å². The Morgan fingerprint density at radius 3 is 1.20 bits per heavy atom. The zero-order chi connectivity index (χ0) is 37.5. The van der Waals surface area contributed by atoms with E-state index >= 15 is 0 Å². The molecule has 0 aliphatic carbocycles. The molecule has 0 saturated heterocycles. The molecule has 3 unspecified atom stereocenters. The van der Waals surface area contributed by atoms with E-state index in [2.05, 4.69) is 26.1 Å². The smallest absolute Gasteiger partial charge is 0.306 e. The van der Waals surface area contributed by atoms with Crippen molar-refractivity contribution >= 4 is 11.9 Å². The monoisotopic (exact) mass is 724 g/mol. The molecule has 0 aliphatic rings. The molecule has 0 aromatic carbocycles. The molecule has 0 saturated carbocycles. The molecule has 3 atom stereocenters. The second kappa shape index (κ2) is 40.1. The zero-order valence-electron chi connectivity index (χ0n) is 34.5. The van der Waals surface area contributed by atoms with Crippen molar-refractivity contribution in [2.75, 3.05) is 6.61 Å². The van der Waals surface area contributed by atoms with Crippen molar-refractivity contribution < 1.29 is 24.5 Å². The number of hydrogen-bond donors (Lipinski definition) is 3. The molecule has 0 aromatic heterocycles. The first kappa shape index (κ1) is 49.9. The third-order valence-electron chi connectivity index (χ3n) is 10.7. The third kappa shape index (κ3) is 35.6. The Kier molecular flexibility index (Phi) is 39.2. The van der Waals surface area contributed by atoms with Gasteiger partial charge in [0.15, 0.2) is 0 Å². The van der Waals surface area contributed by atoms with Crippen LogP contribution in [-0.4, -0.2) is 46.9 Å². The Morgan fingerprint density at radius 2 is 0.824 bits per heavy atom. The minimum Gasteiger partial charge on any atom is -0.462 e. The number of aliphatic hydroxyl groups is 2. The van der Waals surface area contributed by atoms with E-state index in [0.717, 1.165) is 38.5 Å². The summed E-state index contributed by atoms with van der Waals surface area (Å²) in [4.78, 5) is 25.9. The van der Waals surface area contributed by atoms with E-state index in [-0.39, 0.29) is 24.9 Å². The van der Waals surface area contributed by atoms with Crippen LogP contribution in [0.4, 0.5) is 0 Å². The predicted octanol–water partition coefficient (Wildman–Crippen LogP) is 12.8. The van der Waals surface area contributed by atoms with Crippen LogP contribution in [0.1, 0.15) is 252 Å². The first-order chi connectivity index (χ1) is 25.0. The molecule has 0 fully saturated rings. The number of nitrogens with one attached hydrogen (secondary N) is 1. The van der Waals surface area contributed by atoms with Crippen molar-refractivity contribution in [2.24, 2.45) is 0 Å². The molecule has 3 N–H and O–H groups in total. The molecule has 1 amide bonds. The molecular formula is C45H89NO5. The van der Waals surface area contributed by atoms with Crippen LogP contribution >= 0.6 is 0 Å². The summed E-state index contributed by atoms with van der Waals surface area (Å²) in [5.74, 6) is -0.462. The van der Waals surface area contributed by atoms with Gasteiger partial charge in [0, 0.05) is 6.42 Å². The SMILES string of the molecule is CCCCCCCCCCCCCCCCCC(=O)OC(CCCCCCCCCC)CC(=O)NC(CO)C(O)CCCCCCCCCCC. The summed E-state index contributed by atoms with van der Waals surface area (Å²) in [6.45, 7) is 6.45. The lowest BCUT2D eigenvalue weighted by Crippen LogP contribution is -2.46. The van der Waals surface area contributed by atoms with Crippen molar-refractivity contribution in [3.63, 3.8) is 0 Å². The van der Waals surface area contributed by atoms with Gasteiger partial charge in [0.2, 0.25) is 5.91 Å². The minimum absolute atomic E-state index is 0.0857. The van der Waals surface area contributed by atoms with Crippen LogP contribution in [0.15, 0.2) is 0 Å². The maximum atomic E-state index is 13.1. The van der Waals surface area contributed by atoms with E-state index in [0.29, 0.717) is 19.3 Å². The van der Waals surface area contributed by atoms with E-state index in [1.165, 1.54) is 167 Å². The summed E-state index contributed by atoms with van der Waals surface area (Å²) in [6, 6.07) is -0.689. The summed E-state index contributed by atoms with van der Waals surface area (Å²) >= 11 is 0. The highest BCUT2D eigenvalue weighted by atomic mass is 16.5. The van der Waals surface area contributed by atoms with Crippen LogP contribution in [0.25, 0.3) is 0 Å². The highest BCUT2D eigenvalue weighted by Crippen LogP contribution is 2.18. The first-order valence-electron chi connectivity index (χ1n) is 22.8. The average molecular weight is 724 g/mol. The van der Waals surface area contributed by atoms with Gasteiger partial charge in [-0.05, 0) is 25.7 Å². The van der Waals surface area contributed by atoms with Crippen LogP contribution in [0.5, 0.6) is 0 Å². The predicted molar refractivity (Wildman–Crippen MR) is 218 cm³/mol. The Balaban J connectivity index is 4.43. The number of rotatable bonds is 41. The average Bonchev–Trinajstić information content (AvgIpc) is 3.12. The third-order valence-corrected chi connectivity index (χ3v) is 10.7. The van der Waals surface area contributed by atoms with Gasteiger partial charge in [-0.15, -0.1) is 0 Å². The van der Waals surface area contributed by atoms with Crippen LogP contribution in [0.3, 0.4) is 0 Å².